The Hall–Kier alpha value is 0.580. The number of hydrogen-bond donors (Lipinski definition) is 0. The van der Waals surface area contributed by atoms with E-state index in [1.54, 1.807) is 0 Å². The standard InChI is InChI=1S/4C7H13O.Nb/c4*8-7-5-3-1-2-4-6-7;/h4*7H,1-6H2;/q4*-1;+4. The third-order valence-corrected chi connectivity index (χ3v) is 13.8. The van der Waals surface area contributed by atoms with Crippen molar-refractivity contribution in [1.82, 2.24) is 0 Å². The van der Waals surface area contributed by atoms with E-state index in [0.717, 1.165) is 51.4 Å². The fourth-order valence-electron chi connectivity index (χ4n) is 6.27. The molecule has 4 saturated carbocycles. The molecule has 5 heteroatoms. The number of rotatable bonds is 8. The summed E-state index contributed by atoms with van der Waals surface area (Å²) in [6.07, 6.45) is 31.4. The summed E-state index contributed by atoms with van der Waals surface area (Å²) in [6, 6.07) is 0. The average molecular weight is 546 g/mol. The molecule has 0 N–H and O–H groups in total. The molecular weight excluding hydrogens is 493 g/mol. The van der Waals surface area contributed by atoms with Crippen LogP contribution < -0.4 is 0 Å². The van der Waals surface area contributed by atoms with Crippen LogP contribution in [0.25, 0.3) is 0 Å². The molecule has 0 spiro atoms. The molecule has 0 aromatic heterocycles. The van der Waals surface area contributed by atoms with Gasteiger partial charge in [0.2, 0.25) is 0 Å². The molecule has 193 valence electrons. The molecule has 0 heterocycles. The minimum absolute atomic E-state index is 0.279. The molecule has 0 atom stereocenters. The van der Waals surface area contributed by atoms with Crippen LogP contribution in [-0.2, 0) is 31.7 Å². The first-order valence-electron chi connectivity index (χ1n) is 14.9. The molecule has 0 aromatic rings. The van der Waals surface area contributed by atoms with E-state index in [1.165, 1.54) is 103 Å². The molecular formula is C28H52NbO4. The van der Waals surface area contributed by atoms with Gasteiger partial charge in [-0.1, -0.05) is 0 Å². The predicted octanol–water partition coefficient (Wildman–Crippen LogP) is 8.76. The van der Waals surface area contributed by atoms with Gasteiger partial charge in [0.15, 0.2) is 0 Å². The van der Waals surface area contributed by atoms with Gasteiger partial charge in [-0.2, -0.15) is 0 Å². The van der Waals surface area contributed by atoms with Crippen LogP contribution in [0.2, 0.25) is 0 Å². The second-order valence-electron chi connectivity index (χ2n) is 11.3. The minimum atomic E-state index is -4.09. The zero-order chi connectivity index (χ0) is 22.6. The Morgan fingerprint density at radius 2 is 0.455 bits per heavy atom. The summed E-state index contributed by atoms with van der Waals surface area (Å²) in [7, 11) is 0. The fourth-order valence-corrected chi connectivity index (χ4v) is 12.7. The van der Waals surface area contributed by atoms with Crippen LogP contribution in [0.4, 0.5) is 0 Å². The van der Waals surface area contributed by atoms with Gasteiger partial charge in [-0.25, -0.2) is 0 Å². The molecule has 0 unspecified atom stereocenters. The Bertz CT molecular complexity index is 405. The Kier molecular flexibility index (Phi) is 12.1. The van der Waals surface area contributed by atoms with Crippen molar-refractivity contribution in [2.45, 2.75) is 179 Å². The maximum atomic E-state index is 7.12. The zero-order valence-corrected chi connectivity index (χ0v) is 23.6. The van der Waals surface area contributed by atoms with Crippen LogP contribution in [0, 0.1) is 0 Å². The fraction of sp³-hybridized carbons (Fsp3) is 1.00. The third-order valence-electron chi connectivity index (χ3n) is 8.32. The van der Waals surface area contributed by atoms with E-state index >= 15 is 0 Å². The molecule has 4 rings (SSSR count). The Labute approximate surface area is 209 Å². The summed E-state index contributed by atoms with van der Waals surface area (Å²) in [5.74, 6) is 0. The second-order valence-corrected chi connectivity index (χ2v) is 15.6. The van der Waals surface area contributed by atoms with Crippen molar-refractivity contribution in [1.29, 1.82) is 0 Å². The zero-order valence-electron chi connectivity index (χ0n) is 21.4. The van der Waals surface area contributed by atoms with Crippen LogP contribution in [0.3, 0.4) is 0 Å². The Morgan fingerprint density at radius 3 is 0.636 bits per heavy atom. The van der Waals surface area contributed by atoms with Crippen LogP contribution in [-0.4, -0.2) is 24.4 Å². The summed E-state index contributed by atoms with van der Waals surface area (Å²) in [5, 5.41) is 0. The Morgan fingerprint density at radius 1 is 0.273 bits per heavy atom. The molecule has 0 saturated heterocycles. The van der Waals surface area contributed by atoms with Crippen LogP contribution in [0.5, 0.6) is 0 Å². The van der Waals surface area contributed by atoms with Crippen molar-refractivity contribution in [2.75, 3.05) is 0 Å². The topological polar surface area (TPSA) is 36.9 Å². The van der Waals surface area contributed by atoms with Gasteiger partial charge in [-0.05, 0) is 0 Å². The molecule has 0 amide bonds. The normalized spacial score (nSPS) is 26.9. The van der Waals surface area contributed by atoms with E-state index in [-0.39, 0.29) is 24.4 Å². The quantitative estimate of drug-likeness (QED) is 0.226. The Balaban J connectivity index is 1.55. The van der Waals surface area contributed by atoms with E-state index in [4.69, 9.17) is 13.0 Å². The molecule has 0 bridgehead atoms. The first-order valence-corrected chi connectivity index (χ1v) is 18.5. The van der Waals surface area contributed by atoms with Crippen molar-refractivity contribution < 1.29 is 31.7 Å². The van der Waals surface area contributed by atoms with E-state index in [9.17, 15) is 0 Å². The molecule has 4 nitrogen and oxygen atoms in total. The first-order chi connectivity index (χ1) is 16.3. The van der Waals surface area contributed by atoms with Crippen molar-refractivity contribution >= 4 is 0 Å². The van der Waals surface area contributed by atoms with Crippen molar-refractivity contribution in [3.63, 3.8) is 0 Å². The van der Waals surface area contributed by atoms with Gasteiger partial charge in [0.1, 0.15) is 0 Å². The number of hydrogen-bond acceptors (Lipinski definition) is 4. The molecule has 4 aliphatic carbocycles. The maximum absolute atomic E-state index is 7.12. The summed E-state index contributed by atoms with van der Waals surface area (Å²) >= 11 is -4.09. The molecule has 4 fully saturated rings. The van der Waals surface area contributed by atoms with E-state index in [1.807, 2.05) is 0 Å². The molecule has 4 aliphatic rings. The first kappa shape index (κ1) is 26.6. The van der Waals surface area contributed by atoms with Crippen LogP contribution in [0.1, 0.15) is 154 Å². The monoisotopic (exact) mass is 545 g/mol. The predicted molar refractivity (Wildman–Crippen MR) is 130 cm³/mol. The summed E-state index contributed by atoms with van der Waals surface area (Å²) in [4.78, 5) is 0. The van der Waals surface area contributed by atoms with Gasteiger partial charge < -0.3 is 0 Å². The van der Waals surface area contributed by atoms with Crippen molar-refractivity contribution in [3.8, 4) is 0 Å². The molecule has 0 radical (unpaired) electrons. The van der Waals surface area contributed by atoms with Gasteiger partial charge in [0.25, 0.3) is 0 Å². The van der Waals surface area contributed by atoms with Crippen molar-refractivity contribution in [2.24, 2.45) is 0 Å². The summed E-state index contributed by atoms with van der Waals surface area (Å²) in [5.41, 5.74) is 0. The summed E-state index contributed by atoms with van der Waals surface area (Å²) < 4.78 is 28.5. The molecule has 33 heavy (non-hydrogen) atoms. The molecule has 0 aromatic carbocycles. The van der Waals surface area contributed by atoms with Crippen LogP contribution >= 0.6 is 0 Å². The van der Waals surface area contributed by atoms with Crippen LogP contribution in [0.15, 0.2) is 0 Å². The van der Waals surface area contributed by atoms with E-state index in [0.29, 0.717) is 0 Å². The van der Waals surface area contributed by atoms with Gasteiger partial charge in [0, 0.05) is 0 Å². The average Bonchev–Trinajstić information content (AvgIpc) is 3.39. The van der Waals surface area contributed by atoms with Gasteiger partial charge in [-0.3, -0.25) is 0 Å². The van der Waals surface area contributed by atoms with Gasteiger partial charge in [-0.15, -0.1) is 0 Å². The summed E-state index contributed by atoms with van der Waals surface area (Å²) in [6.45, 7) is 0. The van der Waals surface area contributed by atoms with E-state index < -0.39 is 18.7 Å². The van der Waals surface area contributed by atoms with E-state index in [2.05, 4.69) is 0 Å². The SMILES string of the molecule is C1CCCC([O][Nb]([O]C2CCCCCC2)([O]C2CCCCCC2)[O]C2CCCCCC2)CC1. The third kappa shape index (κ3) is 9.52. The second kappa shape index (κ2) is 15.0. The van der Waals surface area contributed by atoms with Crippen molar-refractivity contribution in [3.05, 3.63) is 0 Å². The molecule has 0 aliphatic heterocycles. The van der Waals surface area contributed by atoms with Gasteiger partial charge >= 0.3 is 210 Å². The van der Waals surface area contributed by atoms with Gasteiger partial charge in [0.05, 0.1) is 0 Å².